The van der Waals surface area contributed by atoms with Crippen molar-refractivity contribution in [1.29, 1.82) is 0 Å². The summed E-state index contributed by atoms with van der Waals surface area (Å²) in [4.78, 5) is 0. The highest BCUT2D eigenvalue weighted by molar-refractivity contribution is 5.28. The third kappa shape index (κ3) is 2.81. The minimum absolute atomic E-state index is 0.227. The summed E-state index contributed by atoms with van der Waals surface area (Å²) in [5, 5.41) is 22.4. The van der Waals surface area contributed by atoms with E-state index in [0.717, 1.165) is 30.4 Å². The van der Waals surface area contributed by atoms with Gasteiger partial charge in [-0.1, -0.05) is 67.1 Å². The Morgan fingerprint density at radius 2 is 1.36 bits per heavy atom. The molecule has 2 nitrogen and oxygen atoms in total. The zero-order valence-corrected chi connectivity index (χ0v) is 13.1. The average Bonchev–Trinajstić information content (AvgIpc) is 2.47. The van der Waals surface area contributed by atoms with Crippen molar-refractivity contribution >= 4 is 0 Å². The molecule has 0 spiro atoms. The van der Waals surface area contributed by atoms with Crippen LogP contribution in [0.25, 0.3) is 0 Å². The maximum Gasteiger partial charge on any atom is 0.0955 e. The molecule has 22 heavy (non-hydrogen) atoms. The van der Waals surface area contributed by atoms with Gasteiger partial charge in [-0.3, -0.25) is 0 Å². The number of benzene rings is 2. The van der Waals surface area contributed by atoms with E-state index >= 15 is 0 Å². The van der Waals surface area contributed by atoms with Crippen LogP contribution in [0.5, 0.6) is 0 Å². The van der Waals surface area contributed by atoms with Crippen molar-refractivity contribution in [2.45, 2.75) is 43.8 Å². The Bertz CT molecular complexity index is 602. The highest BCUT2D eigenvalue weighted by Gasteiger charge is 2.46. The second-order valence-corrected chi connectivity index (χ2v) is 6.73. The first-order chi connectivity index (χ1) is 10.5. The lowest BCUT2D eigenvalue weighted by Gasteiger charge is -2.45. The van der Waals surface area contributed by atoms with Gasteiger partial charge in [-0.25, -0.2) is 0 Å². The molecule has 0 saturated heterocycles. The molecule has 3 rings (SSSR count). The van der Waals surface area contributed by atoms with Gasteiger partial charge in [-0.2, -0.15) is 0 Å². The van der Waals surface area contributed by atoms with Crippen LogP contribution in [-0.2, 0) is 11.2 Å². The van der Waals surface area contributed by atoms with Gasteiger partial charge >= 0.3 is 0 Å². The zero-order chi connectivity index (χ0) is 15.6. The summed E-state index contributed by atoms with van der Waals surface area (Å²) in [6, 6.07) is 19.4. The molecule has 0 bridgehead atoms. The summed E-state index contributed by atoms with van der Waals surface area (Å²) in [7, 11) is 0. The molecule has 2 heteroatoms. The molecule has 0 heterocycles. The summed E-state index contributed by atoms with van der Waals surface area (Å²) < 4.78 is 0. The summed E-state index contributed by atoms with van der Waals surface area (Å²) in [5.41, 5.74) is -0.264. The van der Waals surface area contributed by atoms with E-state index in [9.17, 15) is 10.2 Å². The Labute approximate surface area is 132 Å². The van der Waals surface area contributed by atoms with Gasteiger partial charge in [-0.15, -0.1) is 0 Å². The van der Waals surface area contributed by atoms with Crippen LogP contribution in [0, 0.1) is 5.92 Å². The fourth-order valence-electron chi connectivity index (χ4n) is 3.52. The Morgan fingerprint density at radius 1 is 0.864 bits per heavy atom. The highest BCUT2D eigenvalue weighted by Crippen LogP contribution is 2.48. The van der Waals surface area contributed by atoms with Crippen molar-refractivity contribution in [3.8, 4) is 0 Å². The number of rotatable bonds is 5. The molecule has 0 aliphatic heterocycles. The average molecular weight is 296 g/mol. The smallest absolute Gasteiger partial charge is 0.0955 e. The standard InChI is InChI=1S/C20H24O2/c1-19(21,16-9-4-2-5-10-16)15-20(22,18-13-8-14-18)17-11-6-3-7-12-17/h2-7,9-12,18,21-22H,8,13-15H2,1H3. The molecule has 2 unspecified atom stereocenters. The largest absolute Gasteiger partial charge is 0.385 e. The van der Waals surface area contributed by atoms with Gasteiger partial charge in [0.25, 0.3) is 0 Å². The van der Waals surface area contributed by atoms with Crippen molar-refractivity contribution in [1.82, 2.24) is 0 Å². The van der Waals surface area contributed by atoms with E-state index in [1.165, 1.54) is 0 Å². The molecule has 2 atom stereocenters. The Hall–Kier alpha value is -1.64. The van der Waals surface area contributed by atoms with Crippen LogP contribution in [0.4, 0.5) is 0 Å². The van der Waals surface area contributed by atoms with Crippen LogP contribution in [-0.4, -0.2) is 10.2 Å². The first kappa shape index (κ1) is 15.3. The molecule has 0 aromatic heterocycles. The summed E-state index contributed by atoms with van der Waals surface area (Å²) >= 11 is 0. The number of aliphatic hydroxyl groups is 2. The molecule has 1 saturated carbocycles. The second-order valence-electron chi connectivity index (χ2n) is 6.73. The monoisotopic (exact) mass is 296 g/mol. The quantitative estimate of drug-likeness (QED) is 0.876. The maximum absolute atomic E-state index is 11.4. The van der Waals surface area contributed by atoms with Crippen molar-refractivity contribution in [2.75, 3.05) is 0 Å². The van der Waals surface area contributed by atoms with Crippen LogP contribution in [0.15, 0.2) is 60.7 Å². The maximum atomic E-state index is 11.4. The van der Waals surface area contributed by atoms with Crippen LogP contribution in [0.2, 0.25) is 0 Å². The van der Waals surface area contributed by atoms with Gasteiger partial charge in [0.1, 0.15) is 0 Å². The van der Waals surface area contributed by atoms with Crippen molar-refractivity contribution in [3.63, 3.8) is 0 Å². The summed E-state index contributed by atoms with van der Waals surface area (Å²) in [6.07, 6.45) is 3.53. The van der Waals surface area contributed by atoms with Crippen molar-refractivity contribution in [2.24, 2.45) is 5.92 Å². The molecule has 1 fully saturated rings. The van der Waals surface area contributed by atoms with Gasteiger partial charge in [0.15, 0.2) is 0 Å². The number of hydrogen-bond acceptors (Lipinski definition) is 2. The van der Waals surface area contributed by atoms with Crippen LogP contribution in [0.1, 0.15) is 43.7 Å². The molecule has 2 aromatic carbocycles. The first-order valence-electron chi connectivity index (χ1n) is 8.08. The van der Waals surface area contributed by atoms with Crippen LogP contribution in [0.3, 0.4) is 0 Å². The normalized spacial score (nSPS) is 20.7. The molecule has 2 aromatic rings. The molecule has 2 N–H and O–H groups in total. The molecule has 0 amide bonds. The van der Waals surface area contributed by atoms with E-state index in [4.69, 9.17) is 0 Å². The van der Waals surface area contributed by atoms with Gasteiger partial charge in [0, 0.05) is 6.42 Å². The van der Waals surface area contributed by atoms with E-state index in [-0.39, 0.29) is 5.92 Å². The minimum Gasteiger partial charge on any atom is -0.385 e. The van der Waals surface area contributed by atoms with E-state index in [1.54, 1.807) is 6.92 Å². The van der Waals surface area contributed by atoms with Gasteiger partial charge in [0.05, 0.1) is 11.2 Å². The number of hydrogen-bond donors (Lipinski definition) is 2. The zero-order valence-electron chi connectivity index (χ0n) is 13.1. The van der Waals surface area contributed by atoms with E-state index < -0.39 is 11.2 Å². The van der Waals surface area contributed by atoms with E-state index in [2.05, 4.69) is 0 Å². The molecular weight excluding hydrogens is 272 g/mol. The molecular formula is C20H24O2. The first-order valence-corrected chi connectivity index (χ1v) is 8.08. The third-order valence-corrected chi connectivity index (χ3v) is 5.06. The van der Waals surface area contributed by atoms with E-state index in [1.807, 2.05) is 60.7 Å². The van der Waals surface area contributed by atoms with E-state index in [0.29, 0.717) is 6.42 Å². The minimum atomic E-state index is -1.05. The predicted octanol–water partition coefficient (Wildman–Crippen LogP) is 3.97. The molecule has 0 radical (unpaired) electrons. The van der Waals surface area contributed by atoms with Crippen molar-refractivity contribution < 1.29 is 10.2 Å². The SMILES string of the molecule is CC(O)(CC(O)(c1ccccc1)C1CCC1)c1ccccc1. The molecule has 1 aliphatic carbocycles. The van der Waals surface area contributed by atoms with Gasteiger partial charge in [-0.05, 0) is 36.8 Å². The van der Waals surface area contributed by atoms with Gasteiger partial charge in [0.2, 0.25) is 0 Å². The molecule has 116 valence electrons. The lowest BCUT2D eigenvalue weighted by molar-refractivity contribution is -0.116. The van der Waals surface area contributed by atoms with Crippen LogP contribution < -0.4 is 0 Å². The van der Waals surface area contributed by atoms with Crippen molar-refractivity contribution in [3.05, 3.63) is 71.8 Å². The second kappa shape index (κ2) is 5.86. The topological polar surface area (TPSA) is 40.5 Å². The Kier molecular flexibility index (Phi) is 4.07. The Morgan fingerprint density at radius 3 is 1.82 bits per heavy atom. The lowest BCUT2D eigenvalue weighted by Crippen LogP contribution is -2.44. The summed E-state index contributed by atoms with van der Waals surface area (Å²) in [5.74, 6) is 0.227. The highest BCUT2D eigenvalue weighted by atomic mass is 16.3. The van der Waals surface area contributed by atoms with Crippen LogP contribution >= 0.6 is 0 Å². The summed E-state index contributed by atoms with van der Waals surface area (Å²) in [6.45, 7) is 1.80. The van der Waals surface area contributed by atoms with Gasteiger partial charge < -0.3 is 10.2 Å². The lowest BCUT2D eigenvalue weighted by atomic mass is 9.65. The molecule has 1 aliphatic rings. The fraction of sp³-hybridized carbons (Fsp3) is 0.400. The Balaban J connectivity index is 1.94. The fourth-order valence-corrected chi connectivity index (χ4v) is 3.52. The predicted molar refractivity (Wildman–Crippen MR) is 88.3 cm³/mol. The third-order valence-electron chi connectivity index (χ3n) is 5.06.